The summed E-state index contributed by atoms with van der Waals surface area (Å²) in [5.41, 5.74) is 9.81. The number of aromatic nitrogens is 4. The number of aliphatic hydroxyl groups is 1. The first-order valence-electron chi connectivity index (χ1n) is 12.1. The van der Waals surface area contributed by atoms with Gasteiger partial charge in [0.25, 0.3) is 0 Å². The summed E-state index contributed by atoms with van der Waals surface area (Å²) < 4.78 is 2.21. The van der Waals surface area contributed by atoms with Gasteiger partial charge in [-0.05, 0) is 57.2 Å². The van der Waals surface area contributed by atoms with E-state index >= 15 is 0 Å². The van der Waals surface area contributed by atoms with Gasteiger partial charge in [-0.1, -0.05) is 38.3 Å². The Kier molecular flexibility index (Phi) is 6.74. The Balaban J connectivity index is 1.70. The molecule has 1 saturated carbocycles. The minimum atomic E-state index is -0.902. The quantitative estimate of drug-likeness (QED) is 0.364. The van der Waals surface area contributed by atoms with E-state index in [1.165, 1.54) is 19.3 Å². The van der Waals surface area contributed by atoms with Crippen molar-refractivity contribution in [1.82, 2.24) is 19.5 Å². The molecule has 1 atom stereocenters. The van der Waals surface area contributed by atoms with E-state index in [1.54, 1.807) is 13.8 Å². The molecule has 33 heavy (non-hydrogen) atoms. The van der Waals surface area contributed by atoms with Gasteiger partial charge in [0.05, 0.1) is 18.0 Å². The van der Waals surface area contributed by atoms with Crippen molar-refractivity contribution in [1.29, 1.82) is 0 Å². The van der Waals surface area contributed by atoms with Gasteiger partial charge in [-0.3, -0.25) is 0 Å². The van der Waals surface area contributed by atoms with Crippen LogP contribution in [0.25, 0.3) is 11.2 Å². The van der Waals surface area contributed by atoms with Crippen molar-refractivity contribution in [3.8, 4) is 0 Å². The van der Waals surface area contributed by atoms with Crippen molar-refractivity contribution >= 4 is 28.6 Å². The predicted octanol–water partition coefficient (Wildman–Crippen LogP) is 4.80. The summed E-state index contributed by atoms with van der Waals surface area (Å²) in [5.74, 6) is 1.16. The Morgan fingerprint density at radius 3 is 2.64 bits per heavy atom. The van der Waals surface area contributed by atoms with Crippen molar-refractivity contribution in [3.63, 3.8) is 0 Å². The van der Waals surface area contributed by atoms with Crippen LogP contribution >= 0.6 is 0 Å². The van der Waals surface area contributed by atoms with Crippen molar-refractivity contribution in [2.45, 2.75) is 90.4 Å². The molecule has 0 amide bonds. The molecule has 1 fully saturated rings. The lowest BCUT2D eigenvalue weighted by atomic mass is 9.95. The normalized spacial score (nSPS) is 16.2. The molecule has 8 heteroatoms. The number of benzene rings is 1. The number of nitrogen functional groups attached to an aromatic ring is 1. The van der Waals surface area contributed by atoms with Crippen molar-refractivity contribution in [3.05, 3.63) is 35.7 Å². The van der Waals surface area contributed by atoms with Crippen LogP contribution in [-0.4, -0.2) is 36.3 Å². The van der Waals surface area contributed by atoms with Crippen molar-refractivity contribution < 1.29 is 5.11 Å². The molecule has 1 aliphatic carbocycles. The second-order valence-corrected chi connectivity index (χ2v) is 9.83. The zero-order valence-corrected chi connectivity index (χ0v) is 20.2. The minimum Gasteiger partial charge on any atom is -0.398 e. The smallest absolute Gasteiger partial charge is 0.227 e. The van der Waals surface area contributed by atoms with Crippen LogP contribution in [0.1, 0.15) is 76.5 Å². The lowest BCUT2D eigenvalue weighted by Gasteiger charge is -2.29. The molecule has 0 bridgehead atoms. The Morgan fingerprint density at radius 2 is 1.97 bits per heavy atom. The highest BCUT2D eigenvalue weighted by Gasteiger charge is 2.27. The number of nitrogens with two attached hydrogens (primary N) is 1. The summed E-state index contributed by atoms with van der Waals surface area (Å²) in [7, 11) is 0. The summed E-state index contributed by atoms with van der Waals surface area (Å²) >= 11 is 0. The summed E-state index contributed by atoms with van der Waals surface area (Å²) in [6.07, 6.45) is 8.68. The first-order chi connectivity index (χ1) is 15.8. The van der Waals surface area contributed by atoms with E-state index in [0.717, 1.165) is 47.2 Å². The third kappa shape index (κ3) is 5.21. The van der Waals surface area contributed by atoms with E-state index in [1.807, 2.05) is 32.3 Å². The van der Waals surface area contributed by atoms with Gasteiger partial charge in [0.1, 0.15) is 0 Å². The topological polar surface area (TPSA) is 114 Å². The molecule has 2 aromatic heterocycles. The Hall–Kier alpha value is -2.87. The predicted molar refractivity (Wildman–Crippen MR) is 134 cm³/mol. The second-order valence-electron chi connectivity index (χ2n) is 9.83. The standard InChI is InChI=1S/C25H37N7O/c1-5-20(25(3,4)33)29-24-30-22(27-14-17-12-11-16(2)13-19(17)26)21-23(31-24)32(15-28-21)18-9-7-6-8-10-18/h11-13,15,18,20,33H,5-10,14,26H2,1-4H3,(H2,27,29,30,31). The number of nitrogens with one attached hydrogen (secondary N) is 2. The van der Waals surface area contributed by atoms with Crippen molar-refractivity contribution in [2.75, 3.05) is 16.4 Å². The van der Waals surface area contributed by atoms with Gasteiger partial charge in [0, 0.05) is 18.3 Å². The number of rotatable bonds is 8. The molecule has 178 valence electrons. The number of imidazole rings is 1. The Morgan fingerprint density at radius 1 is 1.21 bits per heavy atom. The zero-order chi connectivity index (χ0) is 23.6. The zero-order valence-electron chi connectivity index (χ0n) is 20.2. The maximum absolute atomic E-state index is 10.6. The lowest BCUT2D eigenvalue weighted by molar-refractivity contribution is 0.0577. The number of fused-ring (bicyclic) bond motifs is 1. The molecule has 4 rings (SSSR count). The molecule has 0 spiro atoms. The minimum absolute atomic E-state index is 0.179. The molecule has 0 saturated heterocycles. The monoisotopic (exact) mass is 451 g/mol. The van der Waals surface area contributed by atoms with Crippen LogP contribution in [0, 0.1) is 6.92 Å². The average Bonchev–Trinajstić information content (AvgIpc) is 3.20. The maximum atomic E-state index is 10.6. The molecule has 1 aliphatic rings. The maximum Gasteiger partial charge on any atom is 0.227 e. The molecular formula is C25H37N7O. The van der Waals surface area contributed by atoms with E-state index in [-0.39, 0.29) is 6.04 Å². The molecule has 8 nitrogen and oxygen atoms in total. The van der Waals surface area contributed by atoms with Crippen LogP contribution in [0.3, 0.4) is 0 Å². The molecule has 1 unspecified atom stereocenters. The van der Waals surface area contributed by atoms with E-state index in [4.69, 9.17) is 20.7 Å². The first-order valence-corrected chi connectivity index (χ1v) is 12.1. The Bertz CT molecular complexity index is 1100. The van der Waals surface area contributed by atoms with Gasteiger partial charge in [-0.15, -0.1) is 0 Å². The molecule has 1 aromatic carbocycles. The van der Waals surface area contributed by atoms with Crippen molar-refractivity contribution in [2.24, 2.45) is 0 Å². The van der Waals surface area contributed by atoms with Gasteiger partial charge in [-0.25, -0.2) is 4.98 Å². The van der Waals surface area contributed by atoms with Gasteiger partial charge < -0.3 is 26.0 Å². The third-order valence-corrected chi connectivity index (χ3v) is 6.70. The highest BCUT2D eigenvalue weighted by molar-refractivity contribution is 5.84. The first kappa shape index (κ1) is 23.3. The van der Waals surface area contributed by atoms with E-state index in [9.17, 15) is 5.11 Å². The number of aryl methyl sites for hydroxylation is 1. The highest BCUT2D eigenvalue weighted by Crippen LogP contribution is 2.32. The third-order valence-electron chi connectivity index (χ3n) is 6.70. The largest absolute Gasteiger partial charge is 0.398 e. The highest BCUT2D eigenvalue weighted by atomic mass is 16.3. The van der Waals surface area contributed by atoms with Gasteiger partial charge in [-0.2, -0.15) is 9.97 Å². The molecule has 2 heterocycles. The molecule has 5 N–H and O–H groups in total. The Labute approximate surface area is 196 Å². The molecule has 0 radical (unpaired) electrons. The van der Waals surface area contributed by atoms with E-state index in [2.05, 4.69) is 21.3 Å². The summed E-state index contributed by atoms with van der Waals surface area (Å²) in [5, 5.41) is 17.4. The molecular weight excluding hydrogens is 414 g/mol. The fourth-order valence-electron chi connectivity index (χ4n) is 4.72. The van der Waals surface area contributed by atoms with Gasteiger partial charge >= 0.3 is 0 Å². The number of hydrogen-bond donors (Lipinski definition) is 4. The second kappa shape index (κ2) is 9.55. The number of anilines is 3. The number of nitrogens with zero attached hydrogens (tertiary/aromatic N) is 4. The summed E-state index contributed by atoms with van der Waals surface area (Å²) in [4.78, 5) is 14.3. The van der Waals surface area contributed by atoms with Crippen LogP contribution in [0.2, 0.25) is 0 Å². The van der Waals surface area contributed by atoms with E-state index in [0.29, 0.717) is 24.4 Å². The lowest BCUT2D eigenvalue weighted by Crippen LogP contribution is -2.41. The van der Waals surface area contributed by atoms with E-state index < -0.39 is 5.60 Å². The van der Waals surface area contributed by atoms with Crippen LogP contribution in [-0.2, 0) is 6.54 Å². The van der Waals surface area contributed by atoms with Crippen LogP contribution in [0.4, 0.5) is 17.5 Å². The van der Waals surface area contributed by atoms with Gasteiger partial charge in [0.2, 0.25) is 5.95 Å². The SMILES string of the molecule is CCC(Nc1nc(NCc2ccc(C)cc2N)c2ncn(C3CCCCC3)c2n1)C(C)(C)O. The average molecular weight is 452 g/mol. The van der Waals surface area contributed by atoms with Crippen LogP contribution in [0.5, 0.6) is 0 Å². The summed E-state index contributed by atoms with van der Waals surface area (Å²) in [6, 6.07) is 6.30. The summed E-state index contributed by atoms with van der Waals surface area (Å²) in [6.45, 7) is 8.22. The number of hydrogen-bond acceptors (Lipinski definition) is 7. The van der Waals surface area contributed by atoms with Crippen LogP contribution in [0.15, 0.2) is 24.5 Å². The molecule has 0 aliphatic heterocycles. The van der Waals surface area contributed by atoms with Gasteiger partial charge in [0.15, 0.2) is 17.0 Å². The fourth-order valence-corrected chi connectivity index (χ4v) is 4.72. The molecule has 3 aromatic rings. The fraction of sp³-hybridized carbons (Fsp3) is 0.560. The van der Waals surface area contributed by atoms with Crippen LogP contribution < -0.4 is 16.4 Å².